The smallest absolute Gasteiger partial charge is 0.308 e. The number of ether oxygens (including phenoxy) is 3. The molecule has 1 aromatic carbocycles. The molecule has 26 heavy (non-hydrogen) atoms. The van der Waals surface area contributed by atoms with Crippen molar-refractivity contribution >= 4 is 16.9 Å². The molecule has 1 heterocycles. The van der Waals surface area contributed by atoms with Gasteiger partial charge in [0, 0.05) is 24.6 Å². The Morgan fingerprint density at radius 1 is 1.15 bits per heavy atom. The van der Waals surface area contributed by atoms with Crippen LogP contribution in [-0.4, -0.2) is 38.5 Å². The SMILES string of the molecule is COC(=O)C[C@@H](O)CCCCc1cc(=O)c2c(OC)cc(OC)cc2o1. The molecule has 0 fully saturated rings. The second-order valence-corrected chi connectivity index (χ2v) is 5.96. The number of aliphatic hydroxyl groups excluding tert-OH is 1. The molecule has 0 bridgehead atoms. The van der Waals surface area contributed by atoms with Crippen LogP contribution in [0.15, 0.2) is 27.4 Å². The van der Waals surface area contributed by atoms with Gasteiger partial charge in [-0.1, -0.05) is 6.42 Å². The van der Waals surface area contributed by atoms with E-state index < -0.39 is 12.1 Å². The number of esters is 1. The molecular weight excluding hydrogens is 340 g/mol. The van der Waals surface area contributed by atoms with E-state index in [1.54, 1.807) is 12.1 Å². The van der Waals surface area contributed by atoms with Crippen LogP contribution in [0.5, 0.6) is 11.5 Å². The first-order valence-corrected chi connectivity index (χ1v) is 8.42. The van der Waals surface area contributed by atoms with Crippen molar-refractivity contribution in [3.05, 3.63) is 34.2 Å². The van der Waals surface area contributed by atoms with Crippen molar-refractivity contribution in [2.45, 2.75) is 38.2 Å². The highest BCUT2D eigenvalue weighted by Crippen LogP contribution is 2.29. The normalized spacial score (nSPS) is 12.0. The molecule has 1 atom stereocenters. The molecule has 0 amide bonds. The number of methoxy groups -OCH3 is 3. The zero-order chi connectivity index (χ0) is 19.1. The molecule has 2 rings (SSSR count). The number of carbonyl (C=O) groups excluding carboxylic acids is 1. The molecule has 7 nitrogen and oxygen atoms in total. The van der Waals surface area contributed by atoms with Crippen molar-refractivity contribution in [3.8, 4) is 11.5 Å². The van der Waals surface area contributed by atoms with Crippen LogP contribution in [0.1, 0.15) is 31.4 Å². The van der Waals surface area contributed by atoms with Gasteiger partial charge in [0.25, 0.3) is 0 Å². The number of unbranched alkanes of at least 4 members (excludes halogenated alkanes) is 1. The molecule has 142 valence electrons. The molecule has 0 radical (unpaired) electrons. The van der Waals surface area contributed by atoms with Crippen molar-refractivity contribution in [1.29, 1.82) is 0 Å². The average molecular weight is 364 g/mol. The summed E-state index contributed by atoms with van der Waals surface area (Å²) in [5.74, 6) is 1.08. The van der Waals surface area contributed by atoms with Crippen molar-refractivity contribution in [1.82, 2.24) is 0 Å². The van der Waals surface area contributed by atoms with Crippen LogP contribution in [0.25, 0.3) is 11.0 Å². The first-order chi connectivity index (χ1) is 12.5. The lowest BCUT2D eigenvalue weighted by molar-refractivity contribution is -0.142. The van der Waals surface area contributed by atoms with E-state index in [-0.39, 0.29) is 11.8 Å². The standard InChI is InChI=1S/C19H24O7/c1-23-14-10-16(24-2)19-15(21)9-13(26-17(19)11-14)7-5-4-6-12(20)8-18(22)25-3/h9-12,20H,4-8H2,1-3H3/t12-/m0/s1. The number of carbonyl (C=O) groups is 1. The topological polar surface area (TPSA) is 95.2 Å². The highest BCUT2D eigenvalue weighted by molar-refractivity contribution is 5.85. The largest absolute Gasteiger partial charge is 0.496 e. The Kier molecular flexibility index (Phi) is 7.03. The van der Waals surface area contributed by atoms with Gasteiger partial charge in [0.05, 0.1) is 33.9 Å². The van der Waals surface area contributed by atoms with E-state index in [9.17, 15) is 14.7 Å². The fourth-order valence-corrected chi connectivity index (χ4v) is 2.74. The van der Waals surface area contributed by atoms with Gasteiger partial charge in [-0.05, 0) is 12.8 Å². The zero-order valence-electron chi connectivity index (χ0n) is 15.2. The summed E-state index contributed by atoms with van der Waals surface area (Å²) >= 11 is 0. The summed E-state index contributed by atoms with van der Waals surface area (Å²) in [5, 5.41) is 10.1. The Labute approximate surface area is 151 Å². The molecular formula is C19H24O7. The lowest BCUT2D eigenvalue weighted by atomic mass is 10.1. The molecule has 2 aromatic rings. The molecule has 7 heteroatoms. The fraction of sp³-hybridized carbons (Fsp3) is 0.474. The first kappa shape index (κ1) is 19.8. The molecule has 0 spiro atoms. The molecule has 0 aliphatic heterocycles. The zero-order valence-corrected chi connectivity index (χ0v) is 15.2. The van der Waals surface area contributed by atoms with Crippen LogP contribution in [0, 0.1) is 0 Å². The van der Waals surface area contributed by atoms with Gasteiger partial charge in [-0.15, -0.1) is 0 Å². The van der Waals surface area contributed by atoms with E-state index in [1.807, 2.05) is 0 Å². The van der Waals surface area contributed by atoms with Gasteiger partial charge in [-0.25, -0.2) is 0 Å². The average Bonchev–Trinajstić information content (AvgIpc) is 2.63. The molecule has 0 aliphatic carbocycles. The van der Waals surface area contributed by atoms with E-state index in [0.29, 0.717) is 53.9 Å². The molecule has 0 saturated carbocycles. The molecule has 0 unspecified atom stereocenters. The van der Waals surface area contributed by atoms with Crippen molar-refractivity contribution in [2.75, 3.05) is 21.3 Å². The van der Waals surface area contributed by atoms with E-state index in [2.05, 4.69) is 4.74 Å². The Morgan fingerprint density at radius 3 is 2.58 bits per heavy atom. The molecule has 1 N–H and O–H groups in total. The lowest BCUT2D eigenvalue weighted by Crippen LogP contribution is -2.14. The van der Waals surface area contributed by atoms with Gasteiger partial charge >= 0.3 is 5.97 Å². The van der Waals surface area contributed by atoms with Crippen molar-refractivity contribution in [3.63, 3.8) is 0 Å². The van der Waals surface area contributed by atoms with Crippen molar-refractivity contribution < 1.29 is 28.5 Å². The number of fused-ring (bicyclic) bond motifs is 1. The maximum atomic E-state index is 12.4. The summed E-state index contributed by atoms with van der Waals surface area (Å²) in [6, 6.07) is 4.76. The van der Waals surface area contributed by atoms with Gasteiger partial charge in [-0.3, -0.25) is 9.59 Å². The fourth-order valence-electron chi connectivity index (χ4n) is 2.74. The van der Waals surface area contributed by atoms with Crippen molar-refractivity contribution in [2.24, 2.45) is 0 Å². The van der Waals surface area contributed by atoms with E-state index in [0.717, 1.165) is 0 Å². The van der Waals surface area contributed by atoms with Gasteiger partial charge in [0.2, 0.25) is 0 Å². The number of benzene rings is 1. The predicted molar refractivity (Wildman–Crippen MR) is 95.8 cm³/mol. The van der Waals surface area contributed by atoms with Crippen LogP contribution < -0.4 is 14.9 Å². The molecule has 0 aliphatic rings. The number of aryl methyl sites for hydroxylation is 1. The number of hydrogen-bond donors (Lipinski definition) is 1. The Bertz CT molecular complexity index is 809. The van der Waals surface area contributed by atoms with Crippen LogP contribution in [0.3, 0.4) is 0 Å². The van der Waals surface area contributed by atoms with Gasteiger partial charge in [0.1, 0.15) is 28.2 Å². The Hall–Kier alpha value is -2.54. The third-order valence-corrected chi connectivity index (χ3v) is 4.12. The summed E-state index contributed by atoms with van der Waals surface area (Å²) in [7, 11) is 4.31. The lowest BCUT2D eigenvalue weighted by Gasteiger charge is -2.10. The van der Waals surface area contributed by atoms with E-state index in [4.69, 9.17) is 13.9 Å². The Balaban J connectivity index is 2.04. The van der Waals surface area contributed by atoms with Crippen LogP contribution in [0.2, 0.25) is 0 Å². The number of aliphatic hydroxyl groups is 1. The number of rotatable bonds is 9. The maximum absolute atomic E-state index is 12.4. The highest BCUT2D eigenvalue weighted by atomic mass is 16.5. The second kappa shape index (κ2) is 9.24. The maximum Gasteiger partial charge on any atom is 0.308 e. The minimum Gasteiger partial charge on any atom is -0.496 e. The number of hydrogen-bond acceptors (Lipinski definition) is 7. The molecule has 1 aromatic heterocycles. The first-order valence-electron chi connectivity index (χ1n) is 8.42. The van der Waals surface area contributed by atoms with Gasteiger partial charge in [-0.2, -0.15) is 0 Å². The summed E-state index contributed by atoms with van der Waals surface area (Å²) in [4.78, 5) is 23.5. The van der Waals surface area contributed by atoms with Gasteiger partial charge < -0.3 is 23.7 Å². The minimum atomic E-state index is -0.723. The molecule has 0 saturated heterocycles. The quantitative estimate of drug-likeness (QED) is 0.539. The van der Waals surface area contributed by atoms with Crippen LogP contribution >= 0.6 is 0 Å². The van der Waals surface area contributed by atoms with Gasteiger partial charge in [0.15, 0.2) is 5.43 Å². The second-order valence-electron chi connectivity index (χ2n) is 5.96. The Morgan fingerprint density at radius 2 is 1.92 bits per heavy atom. The van der Waals surface area contributed by atoms with E-state index in [1.165, 1.54) is 27.4 Å². The summed E-state index contributed by atoms with van der Waals surface area (Å²) in [5.41, 5.74) is 0.237. The minimum absolute atomic E-state index is 0.0128. The summed E-state index contributed by atoms with van der Waals surface area (Å²) in [6.45, 7) is 0. The van der Waals surface area contributed by atoms with Crippen LogP contribution in [0.4, 0.5) is 0 Å². The third kappa shape index (κ3) is 4.98. The predicted octanol–water partition coefficient (Wildman–Crippen LogP) is 2.45. The summed E-state index contributed by atoms with van der Waals surface area (Å²) in [6.07, 6.45) is 1.71. The van der Waals surface area contributed by atoms with Crippen LogP contribution in [-0.2, 0) is 16.0 Å². The van der Waals surface area contributed by atoms with E-state index >= 15 is 0 Å². The monoisotopic (exact) mass is 364 g/mol. The summed E-state index contributed by atoms with van der Waals surface area (Å²) < 4.78 is 20.8. The highest BCUT2D eigenvalue weighted by Gasteiger charge is 2.13. The third-order valence-electron chi connectivity index (χ3n) is 4.12.